The molecule has 1 aliphatic rings. The average Bonchev–Trinajstić information content (AvgIpc) is 2.38. The van der Waals surface area contributed by atoms with Crippen molar-refractivity contribution in [2.75, 3.05) is 19.7 Å². The summed E-state index contributed by atoms with van der Waals surface area (Å²) in [4.78, 5) is 11.9. The highest BCUT2D eigenvalue weighted by Crippen LogP contribution is 2.15. The van der Waals surface area contributed by atoms with E-state index in [-0.39, 0.29) is 24.4 Å². The molecule has 106 valence electrons. The summed E-state index contributed by atoms with van der Waals surface area (Å²) in [7, 11) is 0. The van der Waals surface area contributed by atoms with Crippen LogP contribution in [-0.4, -0.2) is 31.7 Å². The van der Waals surface area contributed by atoms with Crippen molar-refractivity contribution in [1.82, 2.24) is 10.6 Å². The molecule has 1 saturated heterocycles. The molecule has 1 unspecified atom stereocenters. The van der Waals surface area contributed by atoms with E-state index in [0.29, 0.717) is 19.7 Å². The summed E-state index contributed by atoms with van der Waals surface area (Å²) in [5.41, 5.74) is 2.28. The number of amides is 1. The molecule has 19 heavy (non-hydrogen) atoms. The van der Waals surface area contributed by atoms with Gasteiger partial charge in [0.1, 0.15) is 6.10 Å². The van der Waals surface area contributed by atoms with Crippen LogP contribution in [0.1, 0.15) is 11.1 Å². The van der Waals surface area contributed by atoms with Gasteiger partial charge in [0.25, 0.3) is 5.91 Å². The van der Waals surface area contributed by atoms with E-state index in [0.717, 1.165) is 22.1 Å². The lowest BCUT2D eigenvalue weighted by Crippen LogP contribution is -2.47. The normalized spacial score (nSPS) is 18.5. The Balaban J connectivity index is 0.00000180. The van der Waals surface area contributed by atoms with Crippen LogP contribution in [0.2, 0.25) is 0 Å². The van der Waals surface area contributed by atoms with E-state index >= 15 is 0 Å². The number of nitrogens with one attached hydrogen (secondary N) is 2. The van der Waals surface area contributed by atoms with Crippen molar-refractivity contribution in [3.63, 3.8) is 0 Å². The zero-order valence-corrected chi connectivity index (χ0v) is 13.1. The van der Waals surface area contributed by atoms with Gasteiger partial charge in [-0.2, -0.15) is 0 Å². The first-order valence-corrected chi connectivity index (χ1v) is 6.81. The Morgan fingerprint density at radius 3 is 3.00 bits per heavy atom. The molecule has 6 heteroatoms. The lowest BCUT2D eigenvalue weighted by molar-refractivity contribution is -0.134. The molecule has 2 rings (SSSR count). The predicted octanol–water partition coefficient (Wildman–Crippen LogP) is 1.78. The molecule has 0 bridgehead atoms. The van der Waals surface area contributed by atoms with E-state index in [1.54, 1.807) is 0 Å². The number of rotatable bonds is 3. The van der Waals surface area contributed by atoms with Gasteiger partial charge in [-0.05, 0) is 30.2 Å². The monoisotopic (exact) mass is 348 g/mol. The number of ether oxygens (including phenoxy) is 1. The Morgan fingerprint density at radius 2 is 2.37 bits per heavy atom. The van der Waals surface area contributed by atoms with Crippen LogP contribution >= 0.6 is 28.3 Å². The summed E-state index contributed by atoms with van der Waals surface area (Å²) < 4.78 is 6.45. The van der Waals surface area contributed by atoms with Gasteiger partial charge in [-0.1, -0.05) is 22.0 Å². The van der Waals surface area contributed by atoms with E-state index in [9.17, 15) is 4.79 Å². The van der Waals surface area contributed by atoms with Crippen molar-refractivity contribution in [2.24, 2.45) is 0 Å². The van der Waals surface area contributed by atoms with E-state index < -0.39 is 0 Å². The number of halogens is 2. The maximum Gasteiger partial charge on any atom is 0.250 e. The molecule has 0 aromatic heterocycles. The quantitative estimate of drug-likeness (QED) is 0.875. The van der Waals surface area contributed by atoms with Gasteiger partial charge in [-0.15, -0.1) is 12.4 Å². The first-order valence-electron chi connectivity index (χ1n) is 6.02. The fraction of sp³-hybridized carbons (Fsp3) is 0.462. The van der Waals surface area contributed by atoms with Crippen molar-refractivity contribution < 1.29 is 9.53 Å². The number of carbonyl (C=O) groups excluding carboxylic acids is 1. The molecule has 1 fully saturated rings. The third-order valence-electron chi connectivity index (χ3n) is 2.98. The van der Waals surface area contributed by atoms with Crippen molar-refractivity contribution in [1.29, 1.82) is 0 Å². The van der Waals surface area contributed by atoms with Gasteiger partial charge in [-0.25, -0.2) is 0 Å². The minimum Gasteiger partial charge on any atom is -0.366 e. The smallest absolute Gasteiger partial charge is 0.250 e. The molecule has 2 N–H and O–H groups in total. The molecule has 1 aromatic rings. The molecule has 1 atom stereocenters. The Kier molecular flexibility index (Phi) is 6.79. The summed E-state index contributed by atoms with van der Waals surface area (Å²) in [5.74, 6) is -0.0514. The summed E-state index contributed by atoms with van der Waals surface area (Å²) in [6.07, 6.45) is -0.366. The first kappa shape index (κ1) is 16.4. The molecule has 1 aliphatic heterocycles. The second kappa shape index (κ2) is 7.85. The van der Waals surface area contributed by atoms with Crippen LogP contribution in [0, 0.1) is 6.92 Å². The molecule has 0 spiro atoms. The molecule has 4 nitrogen and oxygen atoms in total. The SMILES string of the molecule is Cc1cc(Br)ccc1CNC(=O)C1CNCCO1.Cl. The summed E-state index contributed by atoms with van der Waals surface area (Å²) in [6, 6.07) is 6.03. The van der Waals surface area contributed by atoms with Crippen LogP contribution in [0.3, 0.4) is 0 Å². The Morgan fingerprint density at radius 1 is 1.58 bits per heavy atom. The Labute approximate surface area is 127 Å². The first-order chi connectivity index (χ1) is 8.66. The number of carbonyl (C=O) groups is 1. The van der Waals surface area contributed by atoms with Gasteiger partial charge >= 0.3 is 0 Å². The second-order valence-electron chi connectivity index (χ2n) is 4.35. The highest BCUT2D eigenvalue weighted by molar-refractivity contribution is 9.10. The average molecular weight is 350 g/mol. The van der Waals surface area contributed by atoms with Crippen LogP contribution in [0.15, 0.2) is 22.7 Å². The highest BCUT2D eigenvalue weighted by atomic mass is 79.9. The molecule has 1 aromatic carbocycles. The van der Waals surface area contributed by atoms with Gasteiger partial charge in [0.15, 0.2) is 0 Å². The van der Waals surface area contributed by atoms with E-state index in [2.05, 4.69) is 26.6 Å². The molecule has 0 saturated carbocycles. The summed E-state index contributed by atoms with van der Waals surface area (Å²) >= 11 is 3.42. The number of hydrogen-bond donors (Lipinski definition) is 2. The molecule has 0 aliphatic carbocycles. The second-order valence-corrected chi connectivity index (χ2v) is 5.27. The van der Waals surface area contributed by atoms with Gasteiger partial charge in [0, 0.05) is 24.1 Å². The van der Waals surface area contributed by atoms with Gasteiger partial charge < -0.3 is 15.4 Å². The van der Waals surface area contributed by atoms with E-state index in [4.69, 9.17) is 4.74 Å². The van der Waals surface area contributed by atoms with Crippen molar-refractivity contribution in [2.45, 2.75) is 19.6 Å². The predicted molar refractivity (Wildman–Crippen MR) is 80.6 cm³/mol. The standard InChI is InChI=1S/C13H17BrN2O2.ClH/c1-9-6-11(14)3-2-10(9)7-16-13(17)12-8-15-4-5-18-12;/h2-3,6,12,15H,4-5,7-8H2,1H3,(H,16,17);1H. The van der Waals surface area contributed by atoms with Crippen LogP contribution in [-0.2, 0) is 16.1 Å². The maximum absolute atomic E-state index is 11.9. The maximum atomic E-state index is 11.9. The van der Waals surface area contributed by atoms with Crippen molar-refractivity contribution in [3.8, 4) is 0 Å². The molecule has 0 radical (unpaired) electrons. The number of aryl methyl sites for hydroxylation is 1. The van der Waals surface area contributed by atoms with Crippen LogP contribution in [0.5, 0.6) is 0 Å². The molecule has 1 amide bonds. The fourth-order valence-corrected chi connectivity index (χ4v) is 2.36. The van der Waals surface area contributed by atoms with E-state index in [1.165, 1.54) is 0 Å². The summed E-state index contributed by atoms with van der Waals surface area (Å²) in [6.45, 7) is 4.57. The molecular formula is C13H18BrClN2O2. The minimum atomic E-state index is -0.366. The Hall–Kier alpha value is -0.620. The third-order valence-corrected chi connectivity index (χ3v) is 3.47. The van der Waals surface area contributed by atoms with Crippen molar-refractivity contribution in [3.05, 3.63) is 33.8 Å². The van der Waals surface area contributed by atoms with Gasteiger partial charge in [-0.3, -0.25) is 4.79 Å². The number of morpholine rings is 1. The fourth-order valence-electron chi connectivity index (χ4n) is 1.89. The third kappa shape index (κ3) is 4.76. The topological polar surface area (TPSA) is 50.4 Å². The lowest BCUT2D eigenvalue weighted by atomic mass is 10.1. The van der Waals surface area contributed by atoms with Crippen molar-refractivity contribution >= 4 is 34.2 Å². The largest absolute Gasteiger partial charge is 0.366 e. The summed E-state index contributed by atoms with van der Waals surface area (Å²) in [5, 5.41) is 6.05. The van der Waals surface area contributed by atoms with Gasteiger partial charge in [0.2, 0.25) is 0 Å². The number of hydrogen-bond acceptors (Lipinski definition) is 3. The lowest BCUT2D eigenvalue weighted by Gasteiger charge is -2.22. The van der Waals surface area contributed by atoms with Crippen LogP contribution in [0.25, 0.3) is 0 Å². The highest BCUT2D eigenvalue weighted by Gasteiger charge is 2.21. The van der Waals surface area contributed by atoms with Crippen LogP contribution < -0.4 is 10.6 Å². The minimum absolute atomic E-state index is 0. The Bertz CT molecular complexity index is 437. The zero-order chi connectivity index (χ0) is 13.0. The molecular weight excluding hydrogens is 332 g/mol. The van der Waals surface area contributed by atoms with Crippen LogP contribution in [0.4, 0.5) is 0 Å². The van der Waals surface area contributed by atoms with Gasteiger partial charge in [0.05, 0.1) is 6.61 Å². The molecule has 1 heterocycles. The van der Waals surface area contributed by atoms with E-state index in [1.807, 2.05) is 25.1 Å². The number of benzene rings is 1. The zero-order valence-electron chi connectivity index (χ0n) is 10.7.